The zero-order valence-electron chi connectivity index (χ0n) is 20.7. The number of nitrogens with zero attached hydrogens (tertiary/aromatic N) is 2. The van der Waals surface area contributed by atoms with Crippen LogP contribution in [0, 0.1) is 11.8 Å². The van der Waals surface area contributed by atoms with Crippen LogP contribution in [0.15, 0.2) is 65.4 Å². The van der Waals surface area contributed by atoms with E-state index in [-0.39, 0.29) is 17.6 Å². The van der Waals surface area contributed by atoms with Crippen molar-refractivity contribution < 1.29 is 23.7 Å². The standard InChI is InChI=1S/C29H29N3O5/c1-2-30-28(35)21-10-8-20(9-11-21)26(33)24-25(19-6-4-3-5-7-19)32(29(36)27(24)34)22-14-12-18(13-15-22)23-16-17-37-31-23/h8-17,19,24-25H,2-7H2,1H3,(H,30,35). The van der Waals surface area contributed by atoms with Gasteiger partial charge in [-0.2, -0.15) is 0 Å². The monoisotopic (exact) mass is 499 g/mol. The lowest BCUT2D eigenvalue weighted by Gasteiger charge is -2.35. The second-order valence-electron chi connectivity index (χ2n) is 9.64. The van der Waals surface area contributed by atoms with Gasteiger partial charge in [-0.05, 0) is 49.9 Å². The molecule has 2 amide bonds. The topological polar surface area (TPSA) is 110 Å². The first kappa shape index (κ1) is 24.6. The Balaban J connectivity index is 1.48. The largest absolute Gasteiger partial charge is 0.364 e. The summed E-state index contributed by atoms with van der Waals surface area (Å²) in [5, 5.41) is 6.67. The van der Waals surface area contributed by atoms with Gasteiger partial charge < -0.3 is 14.7 Å². The van der Waals surface area contributed by atoms with E-state index in [2.05, 4.69) is 10.5 Å². The zero-order valence-corrected chi connectivity index (χ0v) is 20.7. The SMILES string of the molecule is CCNC(=O)c1ccc(C(=O)C2C(=O)C(=O)N(c3ccc(-c4ccon4)cc3)C2C2CCCCC2)cc1. The number of carbonyl (C=O) groups excluding carboxylic acids is 4. The third-order valence-electron chi connectivity index (χ3n) is 7.42. The quantitative estimate of drug-likeness (QED) is 0.292. The maximum atomic E-state index is 13.7. The van der Waals surface area contributed by atoms with Gasteiger partial charge in [-0.3, -0.25) is 19.2 Å². The Kier molecular flexibility index (Phi) is 6.99. The van der Waals surface area contributed by atoms with Gasteiger partial charge in [0.25, 0.3) is 11.8 Å². The maximum absolute atomic E-state index is 13.7. The molecule has 37 heavy (non-hydrogen) atoms. The highest BCUT2D eigenvalue weighted by atomic mass is 16.5. The lowest BCUT2D eigenvalue weighted by atomic mass is 9.76. The molecular formula is C29H29N3O5. The lowest BCUT2D eigenvalue weighted by molar-refractivity contribution is -0.135. The molecule has 190 valence electrons. The van der Waals surface area contributed by atoms with E-state index in [1.165, 1.54) is 11.2 Å². The number of ketones is 2. The number of Topliss-reactive ketones (excluding diaryl/α,β-unsaturated/α-hetero) is 2. The molecule has 2 atom stereocenters. The summed E-state index contributed by atoms with van der Waals surface area (Å²) in [5.74, 6) is -2.97. The molecule has 8 nitrogen and oxygen atoms in total. The maximum Gasteiger partial charge on any atom is 0.295 e. The van der Waals surface area contributed by atoms with Crippen molar-refractivity contribution in [2.45, 2.75) is 45.1 Å². The van der Waals surface area contributed by atoms with E-state index in [9.17, 15) is 19.2 Å². The van der Waals surface area contributed by atoms with Crippen LogP contribution in [0.2, 0.25) is 0 Å². The summed E-state index contributed by atoms with van der Waals surface area (Å²) in [7, 11) is 0. The molecule has 1 aromatic heterocycles. The predicted molar refractivity (Wildman–Crippen MR) is 137 cm³/mol. The van der Waals surface area contributed by atoms with Gasteiger partial charge in [0.15, 0.2) is 5.78 Å². The van der Waals surface area contributed by atoms with Gasteiger partial charge in [-0.1, -0.05) is 48.7 Å². The van der Waals surface area contributed by atoms with E-state index in [0.29, 0.717) is 29.1 Å². The Morgan fingerprint density at radius 3 is 2.24 bits per heavy atom. The molecule has 5 rings (SSSR count). The van der Waals surface area contributed by atoms with Crippen molar-refractivity contribution in [3.8, 4) is 11.3 Å². The van der Waals surface area contributed by atoms with Crippen molar-refractivity contribution >= 4 is 29.1 Å². The molecule has 2 aliphatic rings. The Morgan fingerprint density at radius 2 is 1.62 bits per heavy atom. The molecule has 0 radical (unpaired) electrons. The number of anilines is 1. The van der Waals surface area contributed by atoms with Gasteiger partial charge in [0.05, 0.1) is 6.04 Å². The highest BCUT2D eigenvalue weighted by molar-refractivity contribution is 6.49. The number of nitrogens with one attached hydrogen (secondary N) is 1. The third kappa shape index (κ3) is 4.71. The fourth-order valence-corrected chi connectivity index (χ4v) is 5.60. The van der Waals surface area contributed by atoms with E-state index >= 15 is 0 Å². The highest BCUT2D eigenvalue weighted by Gasteiger charge is 2.54. The van der Waals surface area contributed by atoms with Crippen molar-refractivity contribution in [1.82, 2.24) is 10.5 Å². The molecule has 1 saturated carbocycles. The molecule has 2 aromatic carbocycles. The van der Waals surface area contributed by atoms with Crippen molar-refractivity contribution in [2.24, 2.45) is 11.8 Å². The summed E-state index contributed by atoms with van der Waals surface area (Å²) >= 11 is 0. The Labute approximate surface area is 215 Å². The van der Waals surface area contributed by atoms with E-state index in [1.807, 2.05) is 19.1 Å². The third-order valence-corrected chi connectivity index (χ3v) is 7.42. The van der Waals surface area contributed by atoms with Crippen LogP contribution in [0.25, 0.3) is 11.3 Å². The number of hydrogen-bond acceptors (Lipinski definition) is 6. The fourth-order valence-electron chi connectivity index (χ4n) is 5.60. The second kappa shape index (κ2) is 10.5. The summed E-state index contributed by atoms with van der Waals surface area (Å²) in [4.78, 5) is 54.1. The van der Waals surface area contributed by atoms with E-state index in [1.54, 1.807) is 42.5 Å². The summed E-state index contributed by atoms with van der Waals surface area (Å²) in [5.41, 5.74) is 2.84. The second-order valence-corrected chi connectivity index (χ2v) is 9.64. The number of carbonyl (C=O) groups is 4. The number of aromatic nitrogens is 1. The van der Waals surface area contributed by atoms with Crippen LogP contribution < -0.4 is 10.2 Å². The van der Waals surface area contributed by atoms with E-state index in [0.717, 1.165) is 37.7 Å². The van der Waals surface area contributed by atoms with Crippen LogP contribution in [0.4, 0.5) is 5.69 Å². The van der Waals surface area contributed by atoms with Crippen LogP contribution in [0.3, 0.4) is 0 Å². The minimum atomic E-state index is -1.08. The minimum Gasteiger partial charge on any atom is -0.364 e. The summed E-state index contributed by atoms with van der Waals surface area (Å²) in [6, 6.07) is 14.7. The number of hydrogen-bond donors (Lipinski definition) is 1. The Morgan fingerprint density at radius 1 is 0.946 bits per heavy atom. The van der Waals surface area contributed by atoms with Crippen molar-refractivity contribution in [3.05, 3.63) is 72.0 Å². The van der Waals surface area contributed by atoms with Gasteiger partial charge in [-0.15, -0.1) is 0 Å². The first-order chi connectivity index (χ1) is 18.0. The molecular weight excluding hydrogens is 470 g/mol. The van der Waals surface area contributed by atoms with Crippen LogP contribution >= 0.6 is 0 Å². The van der Waals surface area contributed by atoms with Crippen LogP contribution in [-0.4, -0.2) is 41.1 Å². The Bertz CT molecular complexity index is 1290. The van der Waals surface area contributed by atoms with Gasteiger partial charge >= 0.3 is 0 Å². The van der Waals surface area contributed by atoms with Crippen molar-refractivity contribution in [1.29, 1.82) is 0 Å². The van der Waals surface area contributed by atoms with E-state index in [4.69, 9.17) is 4.52 Å². The van der Waals surface area contributed by atoms with Crippen molar-refractivity contribution in [3.63, 3.8) is 0 Å². The molecule has 1 N–H and O–H groups in total. The average Bonchev–Trinajstić information content (AvgIpc) is 3.56. The first-order valence-electron chi connectivity index (χ1n) is 12.8. The molecule has 0 spiro atoms. The van der Waals surface area contributed by atoms with Crippen molar-refractivity contribution in [2.75, 3.05) is 11.4 Å². The predicted octanol–water partition coefficient (Wildman–Crippen LogP) is 4.46. The van der Waals surface area contributed by atoms with Gasteiger partial charge in [0.2, 0.25) is 5.78 Å². The molecule has 8 heteroatoms. The van der Waals surface area contributed by atoms with Gasteiger partial charge in [-0.25, -0.2) is 0 Å². The Hall–Kier alpha value is -4.07. The fraction of sp³-hybridized carbons (Fsp3) is 0.345. The molecule has 1 aliphatic carbocycles. The number of benzene rings is 2. The minimum absolute atomic E-state index is 0.0444. The molecule has 1 aliphatic heterocycles. The van der Waals surface area contributed by atoms with Gasteiger partial charge in [0, 0.05) is 35.0 Å². The first-order valence-corrected chi connectivity index (χ1v) is 12.8. The molecule has 2 heterocycles. The lowest BCUT2D eigenvalue weighted by Crippen LogP contribution is -2.44. The molecule has 2 unspecified atom stereocenters. The summed E-state index contributed by atoms with van der Waals surface area (Å²) in [6.45, 7) is 2.33. The molecule has 2 fully saturated rings. The van der Waals surface area contributed by atoms with Crippen LogP contribution in [-0.2, 0) is 9.59 Å². The smallest absolute Gasteiger partial charge is 0.295 e. The average molecular weight is 500 g/mol. The highest BCUT2D eigenvalue weighted by Crippen LogP contribution is 2.41. The van der Waals surface area contributed by atoms with Crippen LogP contribution in [0.1, 0.15) is 59.7 Å². The number of rotatable bonds is 7. The number of amides is 2. The van der Waals surface area contributed by atoms with Crippen LogP contribution in [0.5, 0.6) is 0 Å². The zero-order chi connectivity index (χ0) is 25.9. The molecule has 1 saturated heterocycles. The summed E-state index contributed by atoms with van der Waals surface area (Å²) < 4.78 is 4.92. The summed E-state index contributed by atoms with van der Waals surface area (Å²) in [6.07, 6.45) is 6.33. The molecule has 0 bridgehead atoms. The van der Waals surface area contributed by atoms with E-state index < -0.39 is 23.7 Å². The molecule has 3 aromatic rings. The van der Waals surface area contributed by atoms with Gasteiger partial charge in [0.1, 0.15) is 17.9 Å². The normalized spacial score (nSPS) is 20.3.